The van der Waals surface area contributed by atoms with Crippen molar-refractivity contribution in [3.8, 4) is 6.07 Å². The number of nitriles is 1. The minimum atomic E-state index is -0.571. The van der Waals surface area contributed by atoms with Gasteiger partial charge in [-0.05, 0) is 43.5 Å². The molecule has 0 aromatic heterocycles. The molecule has 0 spiro atoms. The standard InChI is InChI=1S/C16H18N2O2/c1-2-20-16(19)14(12-17)11-13-5-7-15(8-6-13)18-9-3-4-10-18/h5-8,11H,2-4,9-10H2,1H3/b14-11-. The van der Waals surface area contributed by atoms with Gasteiger partial charge in [-0.1, -0.05) is 12.1 Å². The molecular formula is C16H18N2O2. The van der Waals surface area contributed by atoms with Gasteiger partial charge in [0.15, 0.2) is 0 Å². The number of anilines is 1. The number of nitrogens with zero attached hydrogens (tertiary/aromatic N) is 2. The van der Waals surface area contributed by atoms with Gasteiger partial charge in [0.25, 0.3) is 0 Å². The summed E-state index contributed by atoms with van der Waals surface area (Å²) < 4.78 is 4.83. The van der Waals surface area contributed by atoms with Gasteiger partial charge >= 0.3 is 5.97 Å². The number of carbonyl (C=O) groups excluding carboxylic acids is 1. The predicted molar refractivity (Wildman–Crippen MR) is 78.1 cm³/mol. The molecular weight excluding hydrogens is 252 g/mol. The number of rotatable bonds is 4. The molecule has 0 N–H and O–H groups in total. The van der Waals surface area contributed by atoms with Gasteiger partial charge in [0.1, 0.15) is 11.6 Å². The Bertz CT molecular complexity index is 535. The van der Waals surface area contributed by atoms with Crippen molar-refractivity contribution in [3.05, 3.63) is 35.4 Å². The van der Waals surface area contributed by atoms with Crippen LogP contribution in [0.1, 0.15) is 25.3 Å². The molecule has 0 atom stereocenters. The van der Waals surface area contributed by atoms with Gasteiger partial charge in [0.05, 0.1) is 6.61 Å². The Labute approximate surface area is 119 Å². The monoisotopic (exact) mass is 270 g/mol. The molecule has 4 heteroatoms. The van der Waals surface area contributed by atoms with E-state index in [1.165, 1.54) is 18.5 Å². The largest absolute Gasteiger partial charge is 0.462 e. The van der Waals surface area contributed by atoms with Crippen LogP contribution in [0.25, 0.3) is 6.08 Å². The minimum absolute atomic E-state index is 0.0285. The van der Waals surface area contributed by atoms with E-state index >= 15 is 0 Å². The summed E-state index contributed by atoms with van der Waals surface area (Å²) in [4.78, 5) is 13.9. The molecule has 2 rings (SSSR count). The molecule has 1 heterocycles. The highest BCUT2D eigenvalue weighted by Gasteiger charge is 2.12. The second kappa shape index (κ2) is 6.76. The van der Waals surface area contributed by atoms with Gasteiger partial charge in [0, 0.05) is 18.8 Å². The van der Waals surface area contributed by atoms with Crippen molar-refractivity contribution in [1.82, 2.24) is 0 Å². The molecule has 0 aliphatic carbocycles. The van der Waals surface area contributed by atoms with Gasteiger partial charge in [0.2, 0.25) is 0 Å². The summed E-state index contributed by atoms with van der Waals surface area (Å²) in [5, 5.41) is 8.98. The molecule has 0 unspecified atom stereocenters. The van der Waals surface area contributed by atoms with Crippen LogP contribution in [0.2, 0.25) is 0 Å². The highest BCUT2D eigenvalue weighted by atomic mass is 16.5. The van der Waals surface area contributed by atoms with Crippen molar-refractivity contribution in [2.24, 2.45) is 0 Å². The lowest BCUT2D eigenvalue weighted by Gasteiger charge is -2.17. The molecule has 1 saturated heterocycles. The van der Waals surface area contributed by atoms with Crippen molar-refractivity contribution in [2.45, 2.75) is 19.8 Å². The Kier molecular flexibility index (Phi) is 4.78. The lowest BCUT2D eigenvalue weighted by molar-refractivity contribution is -0.137. The van der Waals surface area contributed by atoms with Crippen molar-refractivity contribution >= 4 is 17.7 Å². The van der Waals surface area contributed by atoms with Gasteiger partial charge in [-0.2, -0.15) is 5.26 Å². The molecule has 0 radical (unpaired) electrons. The Hall–Kier alpha value is -2.28. The number of carbonyl (C=O) groups is 1. The second-order valence-corrected chi connectivity index (χ2v) is 4.68. The zero-order valence-corrected chi connectivity index (χ0v) is 11.6. The van der Waals surface area contributed by atoms with Gasteiger partial charge in [-0.3, -0.25) is 0 Å². The third-order valence-corrected chi connectivity index (χ3v) is 3.29. The predicted octanol–water partition coefficient (Wildman–Crippen LogP) is 2.76. The summed E-state index contributed by atoms with van der Waals surface area (Å²) in [7, 11) is 0. The lowest BCUT2D eigenvalue weighted by atomic mass is 10.1. The number of esters is 1. The van der Waals surface area contributed by atoms with Crippen molar-refractivity contribution in [3.63, 3.8) is 0 Å². The van der Waals surface area contributed by atoms with E-state index in [2.05, 4.69) is 4.90 Å². The highest BCUT2D eigenvalue weighted by Crippen LogP contribution is 2.21. The van der Waals surface area contributed by atoms with E-state index in [1.54, 1.807) is 13.0 Å². The van der Waals surface area contributed by atoms with Crippen LogP contribution in [-0.2, 0) is 9.53 Å². The molecule has 1 aromatic rings. The van der Waals surface area contributed by atoms with Crippen molar-refractivity contribution < 1.29 is 9.53 Å². The Morgan fingerprint density at radius 2 is 2.00 bits per heavy atom. The van der Waals surface area contributed by atoms with Gasteiger partial charge in [-0.25, -0.2) is 4.79 Å². The highest BCUT2D eigenvalue weighted by molar-refractivity contribution is 5.97. The lowest BCUT2D eigenvalue weighted by Crippen LogP contribution is -2.17. The van der Waals surface area contributed by atoms with Gasteiger partial charge in [-0.15, -0.1) is 0 Å². The first-order valence-corrected chi connectivity index (χ1v) is 6.88. The van der Waals surface area contributed by atoms with Gasteiger partial charge < -0.3 is 9.64 Å². The van der Waals surface area contributed by atoms with Crippen LogP contribution in [-0.4, -0.2) is 25.7 Å². The van der Waals surface area contributed by atoms with Crippen LogP contribution in [0.3, 0.4) is 0 Å². The Morgan fingerprint density at radius 1 is 1.35 bits per heavy atom. The van der Waals surface area contributed by atoms with E-state index < -0.39 is 5.97 Å². The number of ether oxygens (including phenoxy) is 1. The molecule has 104 valence electrons. The maximum Gasteiger partial charge on any atom is 0.348 e. The summed E-state index contributed by atoms with van der Waals surface area (Å²) in [5.74, 6) is -0.571. The molecule has 1 fully saturated rings. The van der Waals surface area contributed by atoms with Crippen molar-refractivity contribution in [1.29, 1.82) is 5.26 Å². The molecule has 1 aliphatic heterocycles. The fourth-order valence-corrected chi connectivity index (χ4v) is 2.27. The number of hydrogen-bond acceptors (Lipinski definition) is 4. The molecule has 0 bridgehead atoms. The molecule has 0 amide bonds. The van der Waals surface area contributed by atoms with Crippen LogP contribution in [0.4, 0.5) is 5.69 Å². The maximum absolute atomic E-state index is 11.5. The summed E-state index contributed by atoms with van der Waals surface area (Å²) in [5.41, 5.74) is 2.05. The van der Waals surface area contributed by atoms with Crippen LogP contribution in [0.15, 0.2) is 29.8 Å². The molecule has 1 aliphatic rings. The zero-order chi connectivity index (χ0) is 14.4. The summed E-state index contributed by atoms with van der Waals surface area (Å²) in [6.45, 7) is 4.19. The quantitative estimate of drug-likeness (QED) is 0.479. The molecule has 0 saturated carbocycles. The minimum Gasteiger partial charge on any atom is -0.462 e. The van der Waals surface area contributed by atoms with E-state index in [0.29, 0.717) is 0 Å². The first kappa shape index (κ1) is 14.1. The topological polar surface area (TPSA) is 53.3 Å². The molecule has 20 heavy (non-hydrogen) atoms. The van der Waals surface area contributed by atoms with Crippen molar-refractivity contribution in [2.75, 3.05) is 24.6 Å². The van der Waals surface area contributed by atoms with Crippen LogP contribution < -0.4 is 4.90 Å². The fraction of sp³-hybridized carbons (Fsp3) is 0.375. The van der Waals surface area contributed by atoms with Crippen LogP contribution in [0, 0.1) is 11.3 Å². The first-order chi connectivity index (χ1) is 9.74. The normalized spacial score (nSPS) is 15.0. The summed E-state index contributed by atoms with van der Waals surface area (Å²) in [6, 6.07) is 9.77. The Balaban J connectivity index is 2.12. The van der Waals surface area contributed by atoms with E-state index in [4.69, 9.17) is 10.00 Å². The summed E-state index contributed by atoms with van der Waals surface area (Å²) >= 11 is 0. The SMILES string of the molecule is CCOC(=O)/C(C#N)=C\c1ccc(N2CCCC2)cc1. The van der Waals surface area contributed by atoms with Crippen LogP contribution in [0.5, 0.6) is 0 Å². The smallest absolute Gasteiger partial charge is 0.348 e. The van der Waals surface area contributed by atoms with E-state index in [9.17, 15) is 4.79 Å². The second-order valence-electron chi connectivity index (χ2n) is 4.68. The third kappa shape index (κ3) is 3.39. The third-order valence-electron chi connectivity index (χ3n) is 3.29. The Morgan fingerprint density at radius 3 is 2.55 bits per heavy atom. The maximum atomic E-state index is 11.5. The molecule has 1 aromatic carbocycles. The zero-order valence-electron chi connectivity index (χ0n) is 11.6. The van der Waals surface area contributed by atoms with E-state index in [0.717, 1.165) is 18.7 Å². The number of hydrogen-bond donors (Lipinski definition) is 0. The first-order valence-electron chi connectivity index (χ1n) is 6.88. The molecule has 4 nitrogen and oxygen atoms in total. The van der Waals surface area contributed by atoms with Crippen LogP contribution >= 0.6 is 0 Å². The van der Waals surface area contributed by atoms with E-state index in [-0.39, 0.29) is 12.2 Å². The summed E-state index contributed by atoms with van der Waals surface area (Å²) in [6.07, 6.45) is 4.04. The van der Waals surface area contributed by atoms with E-state index in [1.807, 2.05) is 30.3 Å². The average molecular weight is 270 g/mol. The fourth-order valence-electron chi connectivity index (χ4n) is 2.27. The number of benzene rings is 1. The average Bonchev–Trinajstić information content (AvgIpc) is 3.00.